The average Bonchev–Trinajstić information content (AvgIpc) is 2.15. The third-order valence-corrected chi connectivity index (χ3v) is 2.56. The third kappa shape index (κ3) is 2.84. The molecule has 0 saturated carbocycles. The highest BCUT2D eigenvalue weighted by atomic mass is 16.5. The Hall–Kier alpha value is -0.830. The minimum Gasteiger partial charge on any atom is -0.462 e. The van der Waals surface area contributed by atoms with Gasteiger partial charge in [-0.3, -0.25) is 0 Å². The van der Waals surface area contributed by atoms with E-state index in [2.05, 4.69) is 13.5 Å². The van der Waals surface area contributed by atoms with Crippen molar-refractivity contribution in [2.75, 3.05) is 19.8 Å². The molecule has 1 aliphatic rings. The Kier molecular flexibility index (Phi) is 4.14. The maximum absolute atomic E-state index is 10.9. The van der Waals surface area contributed by atoms with E-state index in [1.54, 1.807) is 0 Å². The number of hydrogen-bond acceptors (Lipinski definition) is 3. The van der Waals surface area contributed by atoms with Gasteiger partial charge in [0.05, 0.1) is 18.6 Å². The maximum atomic E-state index is 10.9. The molecule has 14 heavy (non-hydrogen) atoms. The summed E-state index contributed by atoms with van der Waals surface area (Å²) in [7, 11) is 0. The fourth-order valence-electron chi connectivity index (χ4n) is 1.53. The summed E-state index contributed by atoms with van der Waals surface area (Å²) in [5.74, 6) is -0.340. The minimum absolute atomic E-state index is 0.0919. The molecule has 1 heterocycles. The lowest BCUT2D eigenvalue weighted by atomic mass is 9.82. The Morgan fingerprint density at radius 1 is 1.64 bits per heavy atom. The van der Waals surface area contributed by atoms with Gasteiger partial charge in [-0.25, -0.2) is 4.79 Å². The van der Waals surface area contributed by atoms with Crippen LogP contribution in [0, 0.1) is 5.41 Å². The van der Waals surface area contributed by atoms with Crippen LogP contribution in [-0.4, -0.2) is 25.8 Å². The van der Waals surface area contributed by atoms with Crippen LogP contribution in [0.25, 0.3) is 0 Å². The normalized spacial score (nSPS) is 18.4. The molecule has 80 valence electrons. The van der Waals surface area contributed by atoms with Gasteiger partial charge in [0.25, 0.3) is 0 Å². The second-order valence-electron chi connectivity index (χ2n) is 3.91. The Balaban J connectivity index is 2.29. The van der Waals surface area contributed by atoms with E-state index in [1.807, 2.05) is 0 Å². The molecule has 0 aromatic carbocycles. The van der Waals surface area contributed by atoms with E-state index in [-0.39, 0.29) is 11.4 Å². The van der Waals surface area contributed by atoms with Crippen molar-refractivity contribution < 1.29 is 14.3 Å². The van der Waals surface area contributed by atoms with E-state index < -0.39 is 0 Å². The van der Waals surface area contributed by atoms with Crippen LogP contribution in [0.15, 0.2) is 12.7 Å². The van der Waals surface area contributed by atoms with Crippen molar-refractivity contribution in [2.45, 2.75) is 26.2 Å². The van der Waals surface area contributed by atoms with Crippen molar-refractivity contribution in [1.82, 2.24) is 0 Å². The summed E-state index contributed by atoms with van der Waals surface area (Å²) < 4.78 is 10.2. The summed E-state index contributed by atoms with van der Waals surface area (Å²) in [4.78, 5) is 10.9. The molecular formula is C11H18O3. The van der Waals surface area contributed by atoms with Crippen molar-refractivity contribution >= 4 is 5.97 Å². The molecule has 0 atom stereocenters. The van der Waals surface area contributed by atoms with Gasteiger partial charge in [0.2, 0.25) is 0 Å². The lowest BCUT2D eigenvalue weighted by Crippen LogP contribution is -2.46. The van der Waals surface area contributed by atoms with Gasteiger partial charge in [-0.2, -0.15) is 0 Å². The molecule has 1 saturated heterocycles. The van der Waals surface area contributed by atoms with Crippen LogP contribution < -0.4 is 0 Å². The first kappa shape index (κ1) is 11.2. The monoisotopic (exact) mass is 198 g/mol. The van der Waals surface area contributed by atoms with E-state index in [0.717, 1.165) is 32.5 Å². The van der Waals surface area contributed by atoms with Gasteiger partial charge in [0, 0.05) is 6.08 Å². The summed E-state index contributed by atoms with van der Waals surface area (Å²) in [6.45, 7) is 7.43. The number of carbonyl (C=O) groups excluding carboxylic acids is 1. The standard InChI is InChI=1S/C11H18O3/c1-3-5-6-11(7-13-8-11)9-14-10(12)4-2/h4H,2-3,5-9H2,1H3. The van der Waals surface area contributed by atoms with E-state index >= 15 is 0 Å². The summed E-state index contributed by atoms with van der Waals surface area (Å²) in [6, 6.07) is 0. The SMILES string of the molecule is C=CC(=O)OCC1(CCCC)COC1. The fraction of sp³-hybridized carbons (Fsp3) is 0.727. The van der Waals surface area contributed by atoms with Crippen LogP contribution in [0.5, 0.6) is 0 Å². The topological polar surface area (TPSA) is 35.5 Å². The van der Waals surface area contributed by atoms with E-state index in [9.17, 15) is 4.79 Å². The average molecular weight is 198 g/mol. The molecule has 1 fully saturated rings. The first-order chi connectivity index (χ1) is 6.72. The van der Waals surface area contributed by atoms with Crippen molar-refractivity contribution in [3.8, 4) is 0 Å². The molecule has 1 rings (SSSR count). The molecule has 1 aliphatic heterocycles. The largest absolute Gasteiger partial charge is 0.462 e. The number of unbranched alkanes of at least 4 members (excludes halogenated alkanes) is 1. The van der Waals surface area contributed by atoms with Gasteiger partial charge in [-0.15, -0.1) is 0 Å². The summed E-state index contributed by atoms with van der Waals surface area (Å²) in [6.07, 6.45) is 4.60. The molecule has 3 heteroatoms. The Morgan fingerprint density at radius 2 is 2.36 bits per heavy atom. The van der Waals surface area contributed by atoms with Gasteiger partial charge in [0.1, 0.15) is 6.61 Å². The molecule has 0 spiro atoms. The van der Waals surface area contributed by atoms with Gasteiger partial charge < -0.3 is 9.47 Å². The highest BCUT2D eigenvalue weighted by Gasteiger charge is 2.39. The maximum Gasteiger partial charge on any atom is 0.330 e. The Bertz CT molecular complexity index is 207. The fourth-order valence-corrected chi connectivity index (χ4v) is 1.53. The summed E-state index contributed by atoms with van der Waals surface area (Å²) in [5, 5.41) is 0. The molecule has 0 unspecified atom stereocenters. The van der Waals surface area contributed by atoms with Gasteiger partial charge in [0.15, 0.2) is 0 Å². The minimum atomic E-state index is -0.340. The van der Waals surface area contributed by atoms with Crippen LogP contribution in [-0.2, 0) is 14.3 Å². The number of hydrogen-bond donors (Lipinski definition) is 0. The zero-order valence-electron chi connectivity index (χ0n) is 8.75. The number of carbonyl (C=O) groups is 1. The Morgan fingerprint density at radius 3 is 2.79 bits per heavy atom. The number of rotatable bonds is 6. The first-order valence-corrected chi connectivity index (χ1v) is 5.09. The molecule has 0 aliphatic carbocycles. The van der Waals surface area contributed by atoms with Crippen LogP contribution in [0.4, 0.5) is 0 Å². The van der Waals surface area contributed by atoms with Gasteiger partial charge in [-0.05, 0) is 6.42 Å². The highest BCUT2D eigenvalue weighted by molar-refractivity contribution is 5.81. The van der Waals surface area contributed by atoms with Gasteiger partial charge in [-0.1, -0.05) is 26.3 Å². The summed E-state index contributed by atoms with van der Waals surface area (Å²) in [5.41, 5.74) is 0.0919. The van der Waals surface area contributed by atoms with Crippen molar-refractivity contribution in [3.05, 3.63) is 12.7 Å². The lowest BCUT2D eigenvalue weighted by Gasteiger charge is -2.40. The quantitative estimate of drug-likeness (QED) is 0.483. The van der Waals surface area contributed by atoms with Crippen LogP contribution in [0.1, 0.15) is 26.2 Å². The van der Waals surface area contributed by atoms with E-state index in [1.165, 1.54) is 6.08 Å². The van der Waals surface area contributed by atoms with E-state index in [0.29, 0.717) is 6.61 Å². The molecule has 0 aromatic heterocycles. The van der Waals surface area contributed by atoms with Crippen LogP contribution >= 0.6 is 0 Å². The van der Waals surface area contributed by atoms with Crippen LogP contribution in [0.2, 0.25) is 0 Å². The predicted octanol–water partition coefficient (Wildman–Crippen LogP) is 1.92. The second-order valence-corrected chi connectivity index (χ2v) is 3.91. The van der Waals surface area contributed by atoms with Crippen LogP contribution in [0.3, 0.4) is 0 Å². The molecule has 0 radical (unpaired) electrons. The zero-order valence-corrected chi connectivity index (χ0v) is 8.75. The Labute approximate surface area is 85.1 Å². The second kappa shape index (κ2) is 5.15. The molecule has 3 nitrogen and oxygen atoms in total. The van der Waals surface area contributed by atoms with Crippen molar-refractivity contribution in [2.24, 2.45) is 5.41 Å². The number of esters is 1. The van der Waals surface area contributed by atoms with Crippen molar-refractivity contribution in [1.29, 1.82) is 0 Å². The highest BCUT2D eigenvalue weighted by Crippen LogP contribution is 2.33. The predicted molar refractivity (Wildman–Crippen MR) is 53.9 cm³/mol. The zero-order chi connectivity index (χ0) is 10.4. The van der Waals surface area contributed by atoms with E-state index in [4.69, 9.17) is 9.47 Å². The molecule has 0 N–H and O–H groups in total. The lowest BCUT2D eigenvalue weighted by molar-refractivity contribution is -0.167. The molecular weight excluding hydrogens is 180 g/mol. The molecule has 0 aromatic rings. The number of ether oxygens (including phenoxy) is 2. The summed E-state index contributed by atoms with van der Waals surface area (Å²) >= 11 is 0. The molecule has 0 bridgehead atoms. The van der Waals surface area contributed by atoms with Gasteiger partial charge >= 0.3 is 5.97 Å². The van der Waals surface area contributed by atoms with Crippen molar-refractivity contribution in [3.63, 3.8) is 0 Å². The third-order valence-electron chi connectivity index (χ3n) is 2.56. The smallest absolute Gasteiger partial charge is 0.330 e. The first-order valence-electron chi connectivity index (χ1n) is 5.09. The molecule has 0 amide bonds.